The number of fused-ring (bicyclic) bond motifs is 1. The summed E-state index contributed by atoms with van der Waals surface area (Å²) in [6.07, 6.45) is 1.83. The van der Waals surface area contributed by atoms with Crippen molar-refractivity contribution in [2.45, 2.75) is 13.5 Å². The van der Waals surface area contributed by atoms with Gasteiger partial charge in [0.15, 0.2) is 0 Å². The number of aryl methyl sites for hydroxylation is 1. The summed E-state index contributed by atoms with van der Waals surface area (Å²) in [4.78, 5) is 8.89. The number of nitrogens with zero attached hydrogens (tertiary/aromatic N) is 2. The molecule has 19 heavy (non-hydrogen) atoms. The molecule has 0 atom stereocenters. The number of hydrogen-bond donors (Lipinski definition) is 1. The molecule has 3 nitrogen and oxygen atoms in total. The van der Waals surface area contributed by atoms with Crippen LogP contribution in [0.1, 0.15) is 11.3 Å². The van der Waals surface area contributed by atoms with Crippen molar-refractivity contribution < 1.29 is 0 Å². The van der Waals surface area contributed by atoms with Crippen LogP contribution in [0, 0.1) is 6.92 Å². The standard InChI is InChI=1S/C16H15N3/c1-12-5-2-9-15(19-12)18-11-14-7-3-6-13-8-4-10-17-16(13)14/h2-10H,11H2,1H3,(H,18,19). The number of rotatable bonds is 3. The average Bonchev–Trinajstić information content (AvgIpc) is 2.45. The van der Waals surface area contributed by atoms with E-state index in [0.29, 0.717) is 0 Å². The highest BCUT2D eigenvalue weighted by Gasteiger charge is 2.01. The summed E-state index contributed by atoms with van der Waals surface area (Å²) in [7, 11) is 0. The molecule has 3 rings (SSSR count). The lowest BCUT2D eigenvalue weighted by atomic mass is 10.1. The molecule has 1 N–H and O–H groups in total. The quantitative estimate of drug-likeness (QED) is 0.771. The number of aromatic nitrogens is 2. The van der Waals surface area contributed by atoms with Crippen LogP contribution in [0.25, 0.3) is 10.9 Å². The second-order valence-electron chi connectivity index (χ2n) is 4.51. The number of hydrogen-bond acceptors (Lipinski definition) is 3. The maximum Gasteiger partial charge on any atom is 0.126 e. The normalized spacial score (nSPS) is 10.6. The first-order chi connectivity index (χ1) is 9.33. The van der Waals surface area contributed by atoms with Crippen LogP contribution in [0.4, 0.5) is 5.82 Å². The highest BCUT2D eigenvalue weighted by molar-refractivity contribution is 5.81. The van der Waals surface area contributed by atoms with Gasteiger partial charge < -0.3 is 5.32 Å². The molecule has 0 aliphatic carbocycles. The Morgan fingerprint density at radius 1 is 1.00 bits per heavy atom. The first kappa shape index (κ1) is 11.7. The van der Waals surface area contributed by atoms with Crippen molar-refractivity contribution in [1.29, 1.82) is 0 Å². The number of nitrogens with one attached hydrogen (secondary N) is 1. The van der Waals surface area contributed by atoms with Gasteiger partial charge in [0.2, 0.25) is 0 Å². The molecule has 0 spiro atoms. The van der Waals surface area contributed by atoms with Gasteiger partial charge in [-0.3, -0.25) is 4.98 Å². The summed E-state index contributed by atoms with van der Waals surface area (Å²) < 4.78 is 0. The Kier molecular flexibility index (Phi) is 3.11. The van der Waals surface area contributed by atoms with Gasteiger partial charge in [-0.25, -0.2) is 4.98 Å². The number of para-hydroxylation sites is 1. The predicted octanol–water partition coefficient (Wildman–Crippen LogP) is 3.55. The summed E-state index contributed by atoms with van der Waals surface area (Å²) in [5.74, 6) is 0.896. The third-order valence-corrected chi connectivity index (χ3v) is 3.06. The van der Waals surface area contributed by atoms with E-state index >= 15 is 0 Å². The van der Waals surface area contributed by atoms with Crippen molar-refractivity contribution in [2.75, 3.05) is 5.32 Å². The van der Waals surface area contributed by atoms with E-state index in [1.807, 2.05) is 37.4 Å². The maximum absolute atomic E-state index is 4.45. The van der Waals surface area contributed by atoms with Gasteiger partial charge >= 0.3 is 0 Å². The number of benzene rings is 1. The van der Waals surface area contributed by atoms with Crippen molar-refractivity contribution in [3.05, 3.63) is 66.0 Å². The van der Waals surface area contributed by atoms with Gasteiger partial charge in [-0.05, 0) is 30.7 Å². The van der Waals surface area contributed by atoms with E-state index in [-0.39, 0.29) is 0 Å². The van der Waals surface area contributed by atoms with Crippen molar-refractivity contribution in [1.82, 2.24) is 9.97 Å². The van der Waals surface area contributed by atoms with E-state index in [2.05, 4.69) is 39.6 Å². The van der Waals surface area contributed by atoms with Crippen LogP contribution in [0.5, 0.6) is 0 Å². The molecular formula is C16H15N3. The second kappa shape index (κ2) is 5.06. The van der Waals surface area contributed by atoms with Gasteiger partial charge in [-0.15, -0.1) is 0 Å². The molecule has 0 aliphatic rings. The third-order valence-electron chi connectivity index (χ3n) is 3.06. The van der Waals surface area contributed by atoms with Crippen LogP contribution in [0.3, 0.4) is 0 Å². The van der Waals surface area contributed by atoms with Crippen molar-refractivity contribution in [3.8, 4) is 0 Å². The molecule has 0 radical (unpaired) electrons. The molecular weight excluding hydrogens is 234 g/mol. The Labute approximate surface area is 112 Å². The van der Waals surface area contributed by atoms with E-state index in [1.54, 1.807) is 0 Å². The van der Waals surface area contributed by atoms with Gasteiger partial charge in [0.25, 0.3) is 0 Å². The van der Waals surface area contributed by atoms with E-state index in [4.69, 9.17) is 0 Å². The second-order valence-corrected chi connectivity index (χ2v) is 4.51. The van der Waals surface area contributed by atoms with Crippen LogP contribution in [0.2, 0.25) is 0 Å². The van der Waals surface area contributed by atoms with Gasteiger partial charge in [0.1, 0.15) is 5.82 Å². The minimum atomic E-state index is 0.727. The zero-order chi connectivity index (χ0) is 13.1. The van der Waals surface area contributed by atoms with E-state index in [1.165, 1.54) is 10.9 Å². The smallest absolute Gasteiger partial charge is 0.126 e. The molecule has 94 valence electrons. The third kappa shape index (κ3) is 2.55. The minimum Gasteiger partial charge on any atom is -0.366 e. The van der Waals surface area contributed by atoms with Crippen LogP contribution < -0.4 is 5.32 Å². The molecule has 0 bridgehead atoms. The first-order valence-electron chi connectivity index (χ1n) is 6.33. The summed E-state index contributed by atoms with van der Waals surface area (Å²) >= 11 is 0. The highest BCUT2D eigenvalue weighted by atomic mass is 15.0. The molecule has 0 unspecified atom stereocenters. The topological polar surface area (TPSA) is 37.8 Å². The van der Waals surface area contributed by atoms with Gasteiger partial charge in [-0.2, -0.15) is 0 Å². The predicted molar refractivity (Wildman–Crippen MR) is 78.0 cm³/mol. The number of pyridine rings is 2. The molecule has 3 heteroatoms. The maximum atomic E-state index is 4.45. The largest absolute Gasteiger partial charge is 0.366 e. The Balaban J connectivity index is 1.86. The molecule has 1 aromatic carbocycles. The monoisotopic (exact) mass is 249 g/mol. The Hall–Kier alpha value is -2.42. The first-order valence-corrected chi connectivity index (χ1v) is 6.33. The molecule has 0 aliphatic heterocycles. The molecule has 0 fully saturated rings. The molecule has 2 heterocycles. The Bertz CT molecular complexity index is 702. The molecule has 3 aromatic rings. The summed E-state index contributed by atoms with van der Waals surface area (Å²) in [6, 6.07) is 16.3. The SMILES string of the molecule is Cc1cccc(NCc2cccc3cccnc23)n1. The zero-order valence-corrected chi connectivity index (χ0v) is 10.8. The lowest BCUT2D eigenvalue weighted by Gasteiger charge is -2.08. The molecule has 0 saturated heterocycles. The van der Waals surface area contributed by atoms with Crippen LogP contribution >= 0.6 is 0 Å². The lowest BCUT2D eigenvalue weighted by molar-refractivity contribution is 1.09. The van der Waals surface area contributed by atoms with E-state index < -0.39 is 0 Å². The lowest BCUT2D eigenvalue weighted by Crippen LogP contribution is -2.02. The van der Waals surface area contributed by atoms with Crippen molar-refractivity contribution in [3.63, 3.8) is 0 Å². The molecule has 0 amide bonds. The summed E-state index contributed by atoms with van der Waals surface area (Å²) in [5, 5.41) is 4.51. The molecule has 0 saturated carbocycles. The van der Waals surface area contributed by atoms with Crippen LogP contribution in [-0.4, -0.2) is 9.97 Å². The zero-order valence-electron chi connectivity index (χ0n) is 10.8. The fourth-order valence-corrected chi connectivity index (χ4v) is 2.14. The highest BCUT2D eigenvalue weighted by Crippen LogP contribution is 2.17. The van der Waals surface area contributed by atoms with E-state index in [9.17, 15) is 0 Å². The van der Waals surface area contributed by atoms with Crippen LogP contribution in [-0.2, 0) is 6.54 Å². The number of anilines is 1. The van der Waals surface area contributed by atoms with Crippen molar-refractivity contribution in [2.24, 2.45) is 0 Å². The Morgan fingerprint density at radius 2 is 1.84 bits per heavy atom. The van der Waals surface area contributed by atoms with Gasteiger partial charge in [-0.1, -0.05) is 30.3 Å². The van der Waals surface area contributed by atoms with Crippen molar-refractivity contribution >= 4 is 16.7 Å². The Morgan fingerprint density at radius 3 is 2.74 bits per heavy atom. The molecule has 2 aromatic heterocycles. The van der Waals surface area contributed by atoms with Gasteiger partial charge in [0.05, 0.1) is 5.52 Å². The fraction of sp³-hybridized carbons (Fsp3) is 0.125. The average molecular weight is 249 g/mol. The fourth-order valence-electron chi connectivity index (χ4n) is 2.14. The summed E-state index contributed by atoms with van der Waals surface area (Å²) in [5.41, 5.74) is 3.24. The summed E-state index contributed by atoms with van der Waals surface area (Å²) in [6.45, 7) is 2.72. The van der Waals surface area contributed by atoms with E-state index in [0.717, 1.165) is 23.6 Å². The van der Waals surface area contributed by atoms with Crippen LogP contribution in [0.15, 0.2) is 54.7 Å². The van der Waals surface area contributed by atoms with Gasteiger partial charge in [0, 0.05) is 23.8 Å². The minimum absolute atomic E-state index is 0.727.